The second kappa shape index (κ2) is 11.5. The molecule has 0 bridgehead atoms. The van der Waals surface area contributed by atoms with Gasteiger partial charge in [-0.15, -0.1) is 11.3 Å². The van der Waals surface area contributed by atoms with Gasteiger partial charge in [0.1, 0.15) is 0 Å². The summed E-state index contributed by atoms with van der Waals surface area (Å²) in [6.07, 6.45) is 1.42. The molecule has 34 heavy (non-hydrogen) atoms. The number of ether oxygens (including phenoxy) is 3. The van der Waals surface area contributed by atoms with Gasteiger partial charge >= 0.3 is 11.9 Å². The van der Waals surface area contributed by atoms with Crippen LogP contribution in [0.1, 0.15) is 29.4 Å². The summed E-state index contributed by atoms with van der Waals surface area (Å²) in [7, 11) is -0.630. The number of carbonyl (C=O) groups excluding carboxylic acids is 2. The number of hydrogen-bond donors (Lipinski definition) is 1. The van der Waals surface area contributed by atoms with E-state index in [9.17, 15) is 18.0 Å². The summed E-state index contributed by atoms with van der Waals surface area (Å²) in [5.74, 6) is -0.804. The van der Waals surface area contributed by atoms with E-state index in [2.05, 4.69) is 26.0 Å². The number of benzene rings is 1. The highest BCUT2D eigenvalue weighted by Crippen LogP contribution is 2.46. The zero-order chi connectivity index (χ0) is 24.9. The highest BCUT2D eigenvalue weighted by molar-refractivity contribution is 9.10. The normalized spacial score (nSPS) is 15.1. The molecule has 1 fully saturated rings. The zero-order valence-corrected chi connectivity index (χ0v) is 22.3. The molecule has 12 heteroatoms. The topological polar surface area (TPSA) is 111 Å². The quantitative estimate of drug-likeness (QED) is 0.451. The molecule has 1 aromatic heterocycles. The minimum Gasteiger partial charge on any atom is -0.479 e. The van der Waals surface area contributed by atoms with Crippen LogP contribution in [0.5, 0.6) is 5.75 Å². The van der Waals surface area contributed by atoms with E-state index in [0.29, 0.717) is 30.4 Å². The molecule has 1 aromatic carbocycles. The Kier molecular flexibility index (Phi) is 8.96. The van der Waals surface area contributed by atoms with Crippen molar-refractivity contribution in [3.05, 3.63) is 33.6 Å². The second-order valence-corrected chi connectivity index (χ2v) is 11.6. The van der Waals surface area contributed by atoms with Crippen molar-refractivity contribution in [3.8, 4) is 16.2 Å². The molecule has 0 spiro atoms. The standard InChI is InChI=1S/C22H27BrN2O7S2/c1-4-34(28,29)25-10-8-15(9-11-25)24-16-7-5-6-14(12-16)20-18(23)19(32-13-17(26)30-2)21(33-20)22(27)31-3/h5-7,12,15,24H,4,8-11,13H2,1-3H3. The fourth-order valence-electron chi connectivity index (χ4n) is 3.57. The minimum atomic E-state index is -3.16. The minimum absolute atomic E-state index is 0.113. The maximum atomic E-state index is 12.3. The van der Waals surface area contributed by atoms with E-state index in [0.717, 1.165) is 16.1 Å². The molecule has 1 aliphatic rings. The number of halogens is 1. The lowest BCUT2D eigenvalue weighted by Gasteiger charge is -2.32. The molecule has 0 radical (unpaired) electrons. The number of nitrogens with one attached hydrogen (secondary N) is 1. The summed E-state index contributed by atoms with van der Waals surface area (Å²) in [4.78, 5) is 24.8. The number of carbonyl (C=O) groups is 2. The highest BCUT2D eigenvalue weighted by atomic mass is 79.9. The van der Waals surface area contributed by atoms with Gasteiger partial charge in [-0.05, 0) is 53.4 Å². The van der Waals surface area contributed by atoms with Gasteiger partial charge < -0.3 is 19.5 Å². The Morgan fingerprint density at radius 3 is 2.53 bits per heavy atom. The molecule has 9 nitrogen and oxygen atoms in total. The van der Waals surface area contributed by atoms with Gasteiger partial charge in [0.05, 0.1) is 29.3 Å². The van der Waals surface area contributed by atoms with E-state index in [1.807, 2.05) is 24.3 Å². The number of hydrogen-bond acceptors (Lipinski definition) is 9. The monoisotopic (exact) mass is 574 g/mol. The van der Waals surface area contributed by atoms with Gasteiger partial charge in [-0.2, -0.15) is 0 Å². The summed E-state index contributed by atoms with van der Waals surface area (Å²) in [5, 5.41) is 3.49. The van der Waals surface area contributed by atoms with Gasteiger partial charge in [0.15, 0.2) is 17.2 Å². The second-order valence-electron chi connectivity index (χ2n) is 7.56. The fourth-order valence-corrected chi connectivity index (χ4v) is 6.67. The maximum absolute atomic E-state index is 12.3. The number of esters is 2. The Morgan fingerprint density at radius 1 is 1.21 bits per heavy atom. The number of anilines is 1. The number of piperidine rings is 1. The van der Waals surface area contributed by atoms with Crippen LogP contribution < -0.4 is 10.1 Å². The molecule has 1 saturated heterocycles. The van der Waals surface area contributed by atoms with Gasteiger partial charge in [0, 0.05) is 24.8 Å². The van der Waals surface area contributed by atoms with Gasteiger partial charge in [-0.1, -0.05) is 12.1 Å². The molecule has 0 atom stereocenters. The van der Waals surface area contributed by atoms with Crippen LogP contribution in [-0.4, -0.2) is 70.4 Å². The molecular weight excluding hydrogens is 548 g/mol. The molecule has 186 valence electrons. The number of methoxy groups -OCH3 is 2. The van der Waals surface area contributed by atoms with Crippen molar-refractivity contribution < 1.29 is 32.2 Å². The Hall–Kier alpha value is -2.15. The third-order valence-electron chi connectivity index (χ3n) is 5.45. The lowest BCUT2D eigenvalue weighted by atomic mass is 10.1. The molecule has 1 N–H and O–H groups in total. The Balaban J connectivity index is 1.79. The van der Waals surface area contributed by atoms with Gasteiger partial charge in [-0.3, -0.25) is 0 Å². The summed E-state index contributed by atoms with van der Waals surface area (Å²) < 4.78 is 41.3. The number of thiophene rings is 1. The molecule has 0 unspecified atom stereocenters. The van der Waals surface area contributed by atoms with E-state index >= 15 is 0 Å². The summed E-state index contributed by atoms with van der Waals surface area (Å²) in [5.41, 5.74) is 1.72. The van der Waals surface area contributed by atoms with Crippen molar-refractivity contribution in [2.45, 2.75) is 25.8 Å². The predicted octanol–water partition coefficient (Wildman–Crippen LogP) is 3.74. The van der Waals surface area contributed by atoms with Crippen molar-refractivity contribution in [1.29, 1.82) is 0 Å². The summed E-state index contributed by atoms with van der Waals surface area (Å²) >= 11 is 4.70. The van der Waals surface area contributed by atoms with Crippen molar-refractivity contribution in [3.63, 3.8) is 0 Å². The first-order valence-electron chi connectivity index (χ1n) is 10.6. The van der Waals surface area contributed by atoms with E-state index in [1.54, 1.807) is 11.2 Å². The molecule has 2 aromatic rings. The largest absolute Gasteiger partial charge is 0.479 e. The average molecular weight is 576 g/mol. The van der Waals surface area contributed by atoms with E-state index < -0.39 is 22.0 Å². The molecular formula is C22H27BrN2O7S2. The van der Waals surface area contributed by atoms with Gasteiger partial charge in [-0.25, -0.2) is 22.3 Å². The van der Waals surface area contributed by atoms with Crippen LogP contribution in [-0.2, 0) is 24.3 Å². The molecule has 0 saturated carbocycles. The van der Waals surface area contributed by atoms with Gasteiger partial charge in [0.2, 0.25) is 10.0 Å². The van der Waals surface area contributed by atoms with Gasteiger partial charge in [0.25, 0.3) is 0 Å². The lowest BCUT2D eigenvalue weighted by molar-refractivity contribution is -0.142. The lowest BCUT2D eigenvalue weighted by Crippen LogP contribution is -2.42. The summed E-state index contributed by atoms with van der Waals surface area (Å²) in [6, 6.07) is 7.85. The van der Waals surface area contributed by atoms with Crippen molar-refractivity contribution in [1.82, 2.24) is 4.31 Å². The third-order valence-corrected chi connectivity index (χ3v) is 9.55. The van der Waals surface area contributed by atoms with Crippen LogP contribution >= 0.6 is 27.3 Å². The molecule has 2 heterocycles. The first-order chi connectivity index (χ1) is 16.2. The van der Waals surface area contributed by atoms with Crippen molar-refractivity contribution in [2.75, 3.05) is 45.0 Å². The van der Waals surface area contributed by atoms with E-state index in [-0.39, 0.29) is 29.0 Å². The Morgan fingerprint density at radius 2 is 1.91 bits per heavy atom. The van der Waals surface area contributed by atoms with E-state index in [4.69, 9.17) is 9.47 Å². The van der Waals surface area contributed by atoms with Crippen molar-refractivity contribution in [2.24, 2.45) is 0 Å². The van der Waals surface area contributed by atoms with E-state index in [1.165, 1.54) is 25.6 Å². The third kappa shape index (κ3) is 6.09. The number of nitrogens with zero attached hydrogens (tertiary/aromatic N) is 1. The first-order valence-corrected chi connectivity index (χ1v) is 13.9. The smallest absolute Gasteiger partial charge is 0.351 e. The molecule has 0 aliphatic carbocycles. The van der Waals surface area contributed by atoms with Crippen molar-refractivity contribution >= 4 is 54.9 Å². The Labute approximate surface area is 211 Å². The SMILES string of the molecule is CCS(=O)(=O)N1CCC(Nc2cccc(-c3sc(C(=O)OC)c(OCC(=O)OC)c3Br)c2)CC1. The highest BCUT2D eigenvalue weighted by Gasteiger charge is 2.28. The van der Waals surface area contributed by atoms with Crippen LogP contribution in [0.15, 0.2) is 28.7 Å². The first kappa shape index (κ1) is 26.5. The van der Waals surface area contributed by atoms with Crippen LogP contribution in [0.2, 0.25) is 0 Å². The number of sulfonamides is 1. The maximum Gasteiger partial charge on any atom is 0.351 e. The predicted molar refractivity (Wildman–Crippen MR) is 134 cm³/mol. The average Bonchev–Trinajstić information content (AvgIpc) is 3.18. The van der Waals surface area contributed by atoms with Crippen LogP contribution in [0.4, 0.5) is 5.69 Å². The number of rotatable bonds is 9. The Bertz CT molecular complexity index is 1140. The molecule has 0 amide bonds. The fraction of sp³-hybridized carbons (Fsp3) is 0.455. The summed E-state index contributed by atoms with van der Waals surface area (Å²) in [6.45, 7) is 2.30. The molecule has 1 aliphatic heterocycles. The van der Waals surface area contributed by atoms with Crippen LogP contribution in [0.3, 0.4) is 0 Å². The molecule has 3 rings (SSSR count). The zero-order valence-electron chi connectivity index (χ0n) is 19.1. The van der Waals surface area contributed by atoms with Crippen LogP contribution in [0.25, 0.3) is 10.4 Å². The van der Waals surface area contributed by atoms with Crippen LogP contribution in [0, 0.1) is 0 Å².